The fourth-order valence-electron chi connectivity index (χ4n) is 2.49. The summed E-state index contributed by atoms with van der Waals surface area (Å²) in [6.07, 6.45) is 5.11. The van der Waals surface area contributed by atoms with E-state index in [-0.39, 0.29) is 11.9 Å². The summed E-state index contributed by atoms with van der Waals surface area (Å²) in [7, 11) is 0. The summed E-state index contributed by atoms with van der Waals surface area (Å²) in [6.45, 7) is 0.634. The highest BCUT2D eigenvalue weighted by Crippen LogP contribution is 2.34. The first-order valence-corrected chi connectivity index (χ1v) is 6.92. The first-order chi connectivity index (χ1) is 9.22. The number of thiazole rings is 1. The number of carbonyl (C=O) groups excluding carboxylic acids is 1. The molecule has 1 unspecified atom stereocenters. The molecule has 3 heterocycles. The third-order valence-corrected chi connectivity index (χ3v) is 4.13. The number of carbonyl (C=O) groups is 1. The number of nitrogens with zero attached hydrogens (tertiary/aromatic N) is 4. The Balaban J connectivity index is 2.12. The van der Waals surface area contributed by atoms with Gasteiger partial charge in [-0.15, -0.1) is 0 Å². The van der Waals surface area contributed by atoms with Crippen LogP contribution in [0.2, 0.25) is 0 Å². The van der Waals surface area contributed by atoms with Gasteiger partial charge in [0.2, 0.25) is 5.82 Å². The van der Waals surface area contributed by atoms with Gasteiger partial charge in [-0.25, -0.2) is 0 Å². The van der Waals surface area contributed by atoms with Crippen LogP contribution in [0.5, 0.6) is 0 Å². The molecule has 2 aromatic rings. The molecule has 100 valence electrons. The number of imidazole rings is 1. The van der Waals surface area contributed by atoms with Gasteiger partial charge in [-0.05, 0) is 24.2 Å². The van der Waals surface area contributed by atoms with E-state index < -0.39 is 4.92 Å². The standard InChI is InChI=1S/C11H12N4O3S/c16-7-8-3-1-2-4-13(8)9-10(15(17)18)14-5-6-19-11(14)12-9/h5-8H,1-4H2. The lowest BCUT2D eigenvalue weighted by Gasteiger charge is -2.31. The third-order valence-electron chi connectivity index (χ3n) is 3.37. The number of aromatic nitrogens is 2. The quantitative estimate of drug-likeness (QED) is 0.487. The lowest BCUT2D eigenvalue weighted by atomic mass is 10.0. The Hall–Kier alpha value is -1.96. The number of aldehydes is 1. The lowest BCUT2D eigenvalue weighted by Crippen LogP contribution is -2.41. The molecule has 0 radical (unpaired) electrons. The molecule has 0 spiro atoms. The van der Waals surface area contributed by atoms with Crippen molar-refractivity contribution in [3.8, 4) is 0 Å². The Kier molecular flexibility index (Phi) is 2.94. The van der Waals surface area contributed by atoms with Gasteiger partial charge in [-0.1, -0.05) is 11.3 Å². The molecule has 0 N–H and O–H groups in total. The minimum absolute atomic E-state index is 0.0509. The van der Waals surface area contributed by atoms with E-state index in [2.05, 4.69) is 4.98 Å². The van der Waals surface area contributed by atoms with E-state index in [1.54, 1.807) is 16.5 Å². The van der Waals surface area contributed by atoms with E-state index in [1.165, 1.54) is 15.7 Å². The number of hydrogen-bond donors (Lipinski definition) is 0. The lowest BCUT2D eigenvalue weighted by molar-refractivity contribution is -0.389. The van der Waals surface area contributed by atoms with Crippen LogP contribution in [0.15, 0.2) is 11.6 Å². The van der Waals surface area contributed by atoms with E-state index in [1.807, 2.05) is 0 Å². The van der Waals surface area contributed by atoms with Crippen molar-refractivity contribution in [3.63, 3.8) is 0 Å². The molecule has 8 heteroatoms. The van der Waals surface area contributed by atoms with Gasteiger partial charge in [0.1, 0.15) is 12.5 Å². The van der Waals surface area contributed by atoms with Crippen molar-refractivity contribution in [1.82, 2.24) is 9.38 Å². The zero-order chi connectivity index (χ0) is 13.4. The number of piperidine rings is 1. The molecule has 19 heavy (non-hydrogen) atoms. The monoisotopic (exact) mass is 280 g/mol. The minimum atomic E-state index is -0.432. The van der Waals surface area contributed by atoms with Crippen LogP contribution in [0.1, 0.15) is 19.3 Å². The van der Waals surface area contributed by atoms with Crippen molar-refractivity contribution in [3.05, 3.63) is 21.7 Å². The third kappa shape index (κ3) is 1.88. The first-order valence-electron chi connectivity index (χ1n) is 6.04. The Morgan fingerprint density at radius 3 is 3.11 bits per heavy atom. The zero-order valence-electron chi connectivity index (χ0n) is 10.1. The topological polar surface area (TPSA) is 80.8 Å². The number of hydrogen-bond acceptors (Lipinski definition) is 6. The Labute approximate surface area is 112 Å². The van der Waals surface area contributed by atoms with Gasteiger partial charge in [-0.2, -0.15) is 9.38 Å². The SMILES string of the molecule is O=CC1CCCCN1c1nc2sccn2c1[N+](=O)[O-]. The number of nitro groups is 1. The molecule has 0 aliphatic carbocycles. The van der Waals surface area contributed by atoms with Crippen molar-refractivity contribution < 1.29 is 9.72 Å². The van der Waals surface area contributed by atoms with E-state index in [4.69, 9.17) is 0 Å². The van der Waals surface area contributed by atoms with Crippen LogP contribution < -0.4 is 4.90 Å². The normalized spacial score (nSPS) is 19.8. The second-order valence-electron chi connectivity index (χ2n) is 4.46. The van der Waals surface area contributed by atoms with Crippen LogP contribution in [0.4, 0.5) is 11.6 Å². The summed E-state index contributed by atoms with van der Waals surface area (Å²) < 4.78 is 1.47. The molecule has 1 aliphatic heterocycles. The van der Waals surface area contributed by atoms with Crippen LogP contribution in [-0.2, 0) is 4.79 Å². The molecule has 2 aromatic heterocycles. The highest BCUT2D eigenvalue weighted by molar-refractivity contribution is 7.15. The molecule has 0 bridgehead atoms. The smallest absolute Gasteiger partial charge is 0.358 e. The van der Waals surface area contributed by atoms with Crippen LogP contribution in [0, 0.1) is 10.1 Å². The second-order valence-corrected chi connectivity index (χ2v) is 5.34. The highest BCUT2D eigenvalue weighted by atomic mass is 32.1. The van der Waals surface area contributed by atoms with Gasteiger partial charge in [-0.3, -0.25) is 0 Å². The Morgan fingerprint density at radius 2 is 2.37 bits per heavy atom. The summed E-state index contributed by atoms with van der Waals surface area (Å²) in [5, 5.41) is 13.0. The molecule has 0 saturated carbocycles. The predicted molar refractivity (Wildman–Crippen MR) is 70.8 cm³/mol. The van der Waals surface area contributed by atoms with Crippen LogP contribution in [-0.4, -0.2) is 33.2 Å². The van der Waals surface area contributed by atoms with Crippen molar-refractivity contribution >= 4 is 34.2 Å². The van der Waals surface area contributed by atoms with Gasteiger partial charge in [0, 0.05) is 11.9 Å². The zero-order valence-corrected chi connectivity index (χ0v) is 10.9. The molecule has 3 rings (SSSR count). The Morgan fingerprint density at radius 1 is 1.53 bits per heavy atom. The maximum Gasteiger partial charge on any atom is 0.373 e. The molecule has 0 aromatic carbocycles. The number of rotatable bonds is 3. The first kappa shape index (κ1) is 12.1. The van der Waals surface area contributed by atoms with E-state index >= 15 is 0 Å². The second kappa shape index (κ2) is 4.61. The molecule has 1 fully saturated rings. The molecule has 1 saturated heterocycles. The van der Waals surface area contributed by atoms with Gasteiger partial charge >= 0.3 is 5.82 Å². The minimum Gasteiger partial charge on any atom is -0.358 e. The largest absolute Gasteiger partial charge is 0.373 e. The van der Waals surface area contributed by atoms with Gasteiger partial charge in [0.05, 0.1) is 6.04 Å². The van der Waals surface area contributed by atoms with Crippen LogP contribution >= 0.6 is 11.3 Å². The van der Waals surface area contributed by atoms with E-state index in [9.17, 15) is 14.9 Å². The molecule has 7 nitrogen and oxygen atoms in total. The summed E-state index contributed by atoms with van der Waals surface area (Å²) in [5.74, 6) is 0.263. The highest BCUT2D eigenvalue weighted by Gasteiger charge is 2.32. The fraction of sp³-hybridized carbons (Fsp3) is 0.455. The molecule has 1 aliphatic rings. The number of anilines is 1. The van der Waals surface area contributed by atoms with Gasteiger partial charge < -0.3 is 19.8 Å². The van der Waals surface area contributed by atoms with E-state index in [0.717, 1.165) is 25.5 Å². The summed E-state index contributed by atoms with van der Waals surface area (Å²) in [4.78, 5) is 28.6. The fourth-order valence-corrected chi connectivity index (χ4v) is 3.19. The maximum atomic E-state index is 11.3. The Bertz CT molecular complexity index is 635. The average molecular weight is 280 g/mol. The molecule has 1 atom stereocenters. The van der Waals surface area contributed by atoms with Crippen molar-refractivity contribution in [2.24, 2.45) is 0 Å². The average Bonchev–Trinajstić information content (AvgIpc) is 2.97. The summed E-state index contributed by atoms with van der Waals surface area (Å²) >= 11 is 1.34. The van der Waals surface area contributed by atoms with Crippen molar-refractivity contribution in [1.29, 1.82) is 0 Å². The van der Waals surface area contributed by atoms with Crippen LogP contribution in [0.25, 0.3) is 4.96 Å². The summed E-state index contributed by atoms with van der Waals surface area (Å²) in [5.41, 5.74) is 0. The van der Waals surface area contributed by atoms with E-state index in [0.29, 0.717) is 17.3 Å². The predicted octanol–water partition coefficient (Wildman–Crippen LogP) is 1.86. The summed E-state index contributed by atoms with van der Waals surface area (Å²) in [6, 6.07) is -0.308. The molecule has 0 amide bonds. The van der Waals surface area contributed by atoms with Gasteiger partial charge in [0.25, 0.3) is 4.96 Å². The van der Waals surface area contributed by atoms with Crippen molar-refractivity contribution in [2.75, 3.05) is 11.4 Å². The molecular formula is C11H12N4O3S. The molecular weight excluding hydrogens is 268 g/mol. The van der Waals surface area contributed by atoms with Gasteiger partial charge in [0.15, 0.2) is 0 Å². The van der Waals surface area contributed by atoms with Crippen molar-refractivity contribution in [2.45, 2.75) is 25.3 Å². The number of fused-ring (bicyclic) bond motifs is 1. The maximum absolute atomic E-state index is 11.3. The van der Waals surface area contributed by atoms with Crippen LogP contribution in [0.3, 0.4) is 0 Å².